The van der Waals surface area contributed by atoms with E-state index in [1.807, 2.05) is 19.1 Å². The van der Waals surface area contributed by atoms with Crippen molar-refractivity contribution < 1.29 is 4.39 Å². The molecule has 11 heavy (non-hydrogen) atoms. The van der Waals surface area contributed by atoms with E-state index in [1.165, 1.54) is 0 Å². The first-order chi connectivity index (χ1) is 5.24. The summed E-state index contributed by atoms with van der Waals surface area (Å²) in [5, 5.41) is 0. The molecule has 0 nitrogen and oxygen atoms in total. The molecule has 0 fully saturated rings. The average Bonchev–Trinajstić information content (AvgIpc) is 2.05. The lowest BCUT2D eigenvalue weighted by molar-refractivity contribution is 0.334. The second-order valence-electron chi connectivity index (χ2n) is 2.62. The highest BCUT2D eigenvalue weighted by Gasteiger charge is 2.04. The van der Waals surface area contributed by atoms with Crippen molar-refractivity contribution in [1.29, 1.82) is 0 Å². The van der Waals surface area contributed by atoms with E-state index >= 15 is 0 Å². The Balaban J connectivity index is 2.81. The maximum Gasteiger partial charge on any atom is 0.125 e. The summed E-state index contributed by atoms with van der Waals surface area (Å²) < 4.78 is 13.0. The van der Waals surface area contributed by atoms with Crippen molar-refractivity contribution >= 4 is 0 Å². The van der Waals surface area contributed by atoms with Crippen molar-refractivity contribution in [2.75, 3.05) is 0 Å². The van der Waals surface area contributed by atoms with Gasteiger partial charge in [0.1, 0.15) is 6.17 Å². The van der Waals surface area contributed by atoms with Gasteiger partial charge in [0.2, 0.25) is 0 Å². The largest absolute Gasteiger partial charge is 0.242 e. The molecule has 1 aromatic carbocycles. The Bertz CT molecular complexity index is 213. The third kappa shape index (κ3) is 2.04. The van der Waals surface area contributed by atoms with E-state index in [2.05, 4.69) is 6.92 Å². The van der Waals surface area contributed by atoms with Gasteiger partial charge in [0.05, 0.1) is 0 Å². The third-order valence-corrected chi connectivity index (χ3v) is 1.70. The van der Waals surface area contributed by atoms with Crippen LogP contribution in [0.3, 0.4) is 0 Å². The van der Waals surface area contributed by atoms with Crippen molar-refractivity contribution in [3.8, 4) is 0 Å². The van der Waals surface area contributed by atoms with E-state index in [0.29, 0.717) is 6.42 Å². The summed E-state index contributed by atoms with van der Waals surface area (Å²) in [4.78, 5) is 0. The molecule has 0 amide bonds. The number of halogens is 1. The minimum Gasteiger partial charge on any atom is -0.242 e. The normalized spacial score (nSPS) is 13.0. The highest BCUT2D eigenvalue weighted by molar-refractivity contribution is 5.25. The zero-order valence-electron chi connectivity index (χ0n) is 6.68. The van der Waals surface area contributed by atoms with E-state index < -0.39 is 6.17 Å². The van der Waals surface area contributed by atoms with E-state index in [0.717, 1.165) is 11.1 Å². The van der Waals surface area contributed by atoms with Gasteiger partial charge in [-0.3, -0.25) is 0 Å². The topological polar surface area (TPSA) is 0 Å². The van der Waals surface area contributed by atoms with Crippen LogP contribution >= 0.6 is 0 Å². The predicted molar refractivity (Wildman–Crippen MR) is 45.0 cm³/mol. The minimum atomic E-state index is -0.824. The molecule has 1 heteroatoms. The zero-order chi connectivity index (χ0) is 8.27. The summed E-state index contributed by atoms with van der Waals surface area (Å²) >= 11 is 0. The van der Waals surface area contributed by atoms with Crippen LogP contribution in [0.2, 0.25) is 0 Å². The zero-order valence-corrected chi connectivity index (χ0v) is 6.68. The van der Waals surface area contributed by atoms with Gasteiger partial charge >= 0.3 is 0 Å². The average molecular weight is 151 g/mol. The molecule has 1 atom stereocenters. The molecule has 0 N–H and O–H groups in total. The van der Waals surface area contributed by atoms with E-state index in [4.69, 9.17) is 0 Å². The number of alkyl halides is 1. The van der Waals surface area contributed by atoms with Crippen LogP contribution in [0.15, 0.2) is 24.3 Å². The number of hydrogen-bond donors (Lipinski definition) is 0. The second kappa shape index (κ2) is 3.51. The summed E-state index contributed by atoms with van der Waals surface area (Å²) in [5.74, 6) is 0. The quantitative estimate of drug-likeness (QED) is 0.608. The highest BCUT2D eigenvalue weighted by atomic mass is 19.1. The Hall–Kier alpha value is -0.850. The van der Waals surface area contributed by atoms with Crippen LogP contribution < -0.4 is 0 Å². The molecule has 1 radical (unpaired) electrons. The summed E-state index contributed by atoms with van der Waals surface area (Å²) in [6.45, 7) is 5.56. The van der Waals surface area contributed by atoms with Gasteiger partial charge < -0.3 is 0 Å². The van der Waals surface area contributed by atoms with Gasteiger partial charge in [0, 0.05) is 0 Å². The summed E-state index contributed by atoms with van der Waals surface area (Å²) in [5.41, 5.74) is 1.68. The SMILES string of the molecule is [CH2]c1ccc(C(F)CC)cc1. The molecule has 0 spiro atoms. The molecule has 1 aromatic rings. The Labute approximate surface area is 67.1 Å². The fourth-order valence-electron chi connectivity index (χ4n) is 0.962. The molecular formula is C10H12F. The first-order valence-electron chi connectivity index (χ1n) is 3.80. The van der Waals surface area contributed by atoms with E-state index in [1.54, 1.807) is 12.1 Å². The molecule has 1 unspecified atom stereocenters. The van der Waals surface area contributed by atoms with Crippen molar-refractivity contribution in [3.05, 3.63) is 42.3 Å². The number of benzene rings is 1. The monoisotopic (exact) mass is 151 g/mol. The van der Waals surface area contributed by atoms with Gasteiger partial charge in [-0.1, -0.05) is 31.2 Å². The van der Waals surface area contributed by atoms with Gasteiger partial charge in [-0.2, -0.15) is 0 Å². The molecule has 0 aliphatic heterocycles. The fraction of sp³-hybridized carbons (Fsp3) is 0.300. The lowest BCUT2D eigenvalue weighted by atomic mass is 10.1. The molecule has 0 aliphatic carbocycles. The lowest BCUT2D eigenvalue weighted by Crippen LogP contribution is -1.88. The molecule has 0 saturated heterocycles. The smallest absolute Gasteiger partial charge is 0.125 e. The lowest BCUT2D eigenvalue weighted by Gasteiger charge is -2.04. The second-order valence-corrected chi connectivity index (χ2v) is 2.62. The predicted octanol–water partition coefficient (Wildman–Crippen LogP) is 3.29. The van der Waals surface area contributed by atoms with E-state index in [-0.39, 0.29) is 0 Å². The maximum atomic E-state index is 13.0. The van der Waals surface area contributed by atoms with Crippen molar-refractivity contribution in [3.63, 3.8) is 0 Å². The van der Waals surface area contributed by atoms with Gasteiger partial charge in [0.15, 0.2) is 0 Å². The highest BCUT2D eigenvalue weighted by Crippen LogP contribution is 2.20. The van der Waals surface area contributed by atoms with Crippen LogP contribution in [0, 0.1) is 6.92 Å². The van der Waals surface area contributed by atoms with Gasteiger partial charge in [-0.25, -0.2) is 4.39 Å². The van der Waals surface area contributed by atoms with Crippen LogP contribution in [0.25, 0.3) is 0 Å². The Morgan fingerprint density at radius 2 is 1.91 bits per heavy atom. The first-order valence-corrected chi connectivity index (χ1v) is 3.80. The molecular weight excluding hydrogens is 139 g/mol. The van der Waals surface area contributed by atoms with Crippen LogP contribution in [0.1, 0.15) is 30.6 Å². The number of rotatable bonds is 2. The first kappa shape index (κ1) is 8.25. The molecule has 0 bridgehead atoms. The third-order valence-electron chi connectivity index (χ3n) is 1.70. The van der Waals surface area contributed by atoms with E-state index in [9.17, 15) is 4.39 Å². The van der Waals surface area contributed by atoms with Crippen LogP contribution in [0.4, 0.5) is 4.39 Å². The number of hydrogen-bond acceptors (Lipinski definition) is 0. The van der Waals surface area contributed by atoms with Crippen molar-refractivity contribution in [2.24, 2.45) is 0 Å². The standard InChI is InChI=1S/C10H12F/c1-3-10(11)9-6-4-8(2)5-7-9/h4-7,10H,2-3H2,1H3. The Kier molecular flexibility index (Phi) is 2.64. The Morgan fingerprint density at radius 1 is 1.36 bits per heavy atom. The molecule has 0 saturated carbocycles. The minimum absolute atomic E-state index is 0.538. The summed E-state index contributed by atoms with van der Waals surface area (Å²) in [6, 6.07) is 7.24. The van der Waals surface area contributed by atoms with Crippen molar-refractivity contribution in [1.82, 2.24) is 0 Å². The van der Waals surface area contributed by atoms with Gasteiger partial charge in [-0.15, -0.1) is 0 Å². The molecule has 0 heterocycles. The molecule has 1 rings (SSSR count). The molecule has 59 valence electrons. The summed E-state index contributed by atoms with van der Waals surface area (Å²) in [6.07, 6.45) is -0.285. The maximum absolute atomic E-state index is 13.0. The summed E-state index contributed by atoms with van der Waals surface area (Å²) in [7, 11) is 0. The fourth-order valence-corrected chi connectivity index (χ4v) is 0.962. The Morgan fingerprint density at radius 3 is 2.36 bits per heavy atom. The van der Waals surface area contributed by atoms with Crippen molar-refractivity contribution in [2.45, 2.75) is 19.5 Å². The van der Waals surface area contributed by atoms with Gasteiger partial charge in [-0.05, 0) is 24.5 Å². The van der Waals surface area contributed by atoms with Crippen LogP contribution in [0.5, 0.6) is 0 Å². The van der Waals surface area contributed by atoms with Crippen LogP contribution in [-0.4, -0.2) is 0 Å². The molecule has 0 aliphatic rings. The van der Waals surface area contributed by atoms with Crippen LogP contribution in [-0.2, 0) is 0 Å². The molecule has 0 aromatic heterocycles. The van der Waals surface area contributed by atoms with Gasteiger partial charge in [0.25, 0.3) is 0 Å².